The Balaban J connectivity index is 1.78. The molecule has 2 aromatic rings. The molecule has 0 saturated carbocycles. The fourth-order valence-electron chi connectivity index (χ4n) is 2.57. The SMILES string of the molecule is NC(=O)N1CCC[C@H](c2nc(-c3ccccc3)n[nH]2)C1. The molecule has 0 spiro atoms. The molecule has 1 atom stereocenters. The predicted octanol–water partition coefficient (Wildman–Crippen LogP) is 1.73. The number of aromatic amines is 1. The molecule has 0 unspecified atom stereocenters. The number of H-pyrrole nitrogens is 1. The maximum atomic E-state index is 11.3. The molecule has 6 nitrogen and oxygen atoms in total. The molecule has 20 heavy (non-hydrogen) atoms. The van der Waals surface area contributed by atoms with Crippen LogP contribution in [0.1, 0.15) is 24.6 Å². The van der Waals surface area contributed by atoms with Gasteiger partial charge in [0.25, 0.3) is 0 Å². The Morgan fingerprint density at radius 2 is 2.15 bits per heavy atom. The van der Waals surface area contributed by atoms with Crippen molar-refractivity contribution in [3.05, 3.63) is 36.2 Å². The van der Waals surface area contributed by atoms with Crippen LogP contribution in [0.4, 0.5) is 4.79 Å². The summed E-state index contributed by atoms with van der Waals surface area (Å²) in [5.41, 5.74) is 6.33. The van der Waals surface area contributed by atoms with E-state index in [1.807, 2.05) is 30.3 Å². The number of urea groups is 1. The predicted molar refractivity (Wildman–Crippen MR) is 75.0 cm³/mol. The van der Waals surface area contributed by atoms with Crippen LogP contribution >= 0.6 is 0 Å². The van der Waals surface area contributed by atoms with Gasteiger partial charge < -0.3 is 10.6 Å². The lowest BCUT2D eigenvalue weighted by Gasteiger charge is -2.30. The van der Waals surface area contributed by atoms with Gasteiger partial charge in [-0.15, -0.1) is 0 Å². The second kappa shape index (κ2) is 5.32. The zero-order valence-corrected chi connectivity index (χ0v) is 11.1. The summed E-state index contributed by atoms with van der Waals surface area (Å²) in [5, 5.41) is 7.25. The summed E-state index contributed by atoms with van der Waals surface area (Å²) in [6.07, 6.45) is 1.93. The summed E-state index contributed by atoms with van der Waals surface area (Å²) in [7, 11) is 0. The number of nitrogens with two attached hydrogens (primary N) is 1. The highest BCUT2D eigenvalue weighted by Gasteiger charge is 2.25. The van der Waals surface area contributed by atoms with E-state index in [0.29, 0.717) is 12.4 Å². The van der Waals surface area contributed by atoms with E-state index in [1.165, 1.54) is 0 Å². The molecule has 2 heterocycles. The number of hydrogen-bond donors (Lipinski definition) is 2. The molecule has 2 amide bonds. The minimum Gasteiger partial charge on any atom is -0.351 e. The summed E-state index contributed by atoms with van der Waals surface area (Å²) in [4.78, 5) is 17.5. The third-order valence-corrected chi connectivity index (χ3v) is 3.65. The Hall–Kier alpha value is -2.37. The number of carbonyl (C=O) groups excluding carboxylic acids is 1. The maximum absolute atomic E-state index is 11.3. The summed E-state index contributed by atoms with van der Waals surface area (Å²) >= 11 is 0. The van der Waals surface area contributed by atoms with Crippen LogP contribution in [0.3, 0.4) is 0 Å². The Kier molecular flexibility index (Phi) is 3.37. The first kappa shape index (κ1) is 12.7. The third kappa shape index (κ3) is 2.49. The van der Waals surface area contributed by atoms with Crippen molar-refractivity contribution in [3.8, 4) is 11.4 Å². The maximum Gasteiger partial charge on any atom is 0.314 e. The second-order valence-electron chi connectivity index (χ2n) is 5.03. The lowest BCUT2D eigenvalue weighted by molar-refractivity contribution is 0.187. The van der Waals surface area contributed by atoms with Gasteiger partial charge in [0.2, 0.25) is 0 Å². The number of likely N-dealkylation sites (tertiary alicyclic amines) is 1. The third-order valence-electron chi connectivity index (χ3n) is 3.65. The van der Waals surface area contributed by atoms with Gasteiger partial charge in [-0.3, -0.25) is 5.10 Å². The highest BCUT2D eigenvalue weighted by atomic mass is 16.2. The van der Waals surface area contributed by atoms with Crippen LogP contribution in [0.25, 0.3) is 11.4 Å². The van der Waals surface area contributed by atoms with Gasteiger partial charge in [-0.25, -0.2) is 9.78 Å². The average Bonchev–Trinajstić information content (AvgIpc) is 2.98. The van der Waals surface area contributed by atoms with Crippen LogP contribution in [-0.2, 0) is 0 Å². The highest BCUT2D eigenvalue weighted by molar-refractivity contribution is 5.72. The van der Waals surface area contributed by atoms with E-state index in [1.54, 1.807) is 4.90 Å². The van der Waals surface area contributed by atoms with Crippen molar-refractivity contribution in [1.29, 1.82) is 0 Å². The van der Waals surface area contributed by atoms with Gasteiger partial charge >= 0.3 is 6.03 Å². The normalized spacial score (nSPS) is 19.0. The van der Waals surface area contributed by atoms with Crippen LogP contribution in [0, 0.1) is 0 Å². The van der Waals surface area contributed by atoms with Crippen molar-refractivity contribution in [1.82, 2.24) is 20.1 Å². The molecule has 1 aromatic heterocycles. The Morgan fingerprint density at radius 1 is 1.35 bits per heavy atom. The van der Waals surface area contributed by atoms with E-state index >= 15 is 0 Å². The molecule has 1 aromatic carbocycles. The van der Waals surface area contributed by atoms with Gasteiger partial charge in [0.05, 0.1) is 0 Å². The molecule has 1 aliphatic heterocycles. The molecule has 0 bridgehead atoms. The molecule has 0 aliphatic carbocycles. The van der Waals surface area contributed by atoms with Crippen LogP contribution in [0.15, 0.2) is 30.3 Å². The first-order chi connectivity index (χ1) is 9.74. The van der Waals surface area contributed by atoms with E-state index in [0.717, 1.165) is 30.8 Å². The molecule has 0 radical (unpaired) electrons. The Labute approximate surface area is 117 Å². The minimum absolute atomic E-state index is 0.182. The number of hydrogen-bond acceptors (Lipinski definition) is 3. The zero-order valence-electron chi connectivity index (χ0n) is 11.1. The first-order valence-electron chi connectivity index (χ1n) is 6.76. The van der Waals surface area contributed by atoms with E-state index in [9.17, 15) is 4.79 Å². The zero-order chi connectivity index (χ0) is 13.9. The molecule has 6 heteroatoms. The van der Waals surface area contributed by atoms with Crippen LogP contribution in [0.2, 0.25) is 0 Å². The smallest absolute Gasteiger partial charge is 0.314 e. The van der Waals surface area contributed by atoms with E-state index < -0.39 is 0 Å². The molecule has 104 valence electrons. The van der Waals surface area contributed by atoms with Crippen molar-refractivity contribution in [3.63, 3.8) is 0 Å². The van der Waals surface area contributed by atoms with E-state index in [4.69, 9.17) is 5.73 Å². The molecular weight excluding hydrogens is 254 g/mol. The Bertz CT molecular complexity index is 595. The number of primary amides is 1. The van der Waals surface area contributed by atoms with Gasteiger partial charge in [0.1, 0.15) is 5.82 Å². The van der Waals surface area contributed by atoms with Gasteiger partial charge in [-0.05, 0) is 12.8 Å². The lowest BCUT2D eigenvalue weighted by Crippen LogP contribution is -2.42. The quantitative estimate of drug-likeness (QED) is 0.871. The number of nitrogens with one attached hydrogen (secondary N) is 1. The van der Waals surface area contributed by atoms with Gasteiger partial charge in [-0.1, -0.05) is 30.3 Å². The summed E-state index contributed by atoms with van der Waals surface area (Å²) in [6, 6.07) is 9.47. The summed E-state index contributed by atoms with van der Waals surface area (Å²) in [6.45, 7) is 1.34. The molecule has 1 fully saturated rings. The average molecular weight is 271 g/mol. The van der Waals surface area contributed by atoms with Crippen molar-refractivity contribution < 1.29 is 4.79 Å². The molecule has 1 aliphatic rings. The fourth-order valence-corrected chi connectivity index (χ4v) is 2.57. The number of benzene rings is 1. The minimum atomic E-state index is -0.363. The van der Waals surface area contributed by atoms with Crippen molar-refractivity contribution >= 4 is 6.03 Å². The fraction of sp³-hybridized carbons (Fsp3) is 0.357. The monoisotopic (exact) mass is 271 g/mol. The van der Waals surface area contributed by atoms with E-state index in [2.05, 4.69) is 15.2 Å². The summed E-state index contributed by atoms with van der Waals surface area (Å²) in [5.74, 6) is 1.70. The van der Waals surface area contributed by atoms with Crippen molar-refractivity contribution in [2.75, 3.05) is 13.1 Å². The Morgan fingerprint density at radius 3 is 2.90 bits per heavy atom. The number of aromatic nitrogens is 3. The van der Waals surface area contributed by atoms with E-state index in [-0.39, 0.29) is 11.9 Å². The number of rotatable bonds is 2. The van der Waals surface area contributed by atoms with Gasteiger partial charge in [0.15, 0.2) is 5.82 Å². The topological polar surface area (TPSA) is 87.9 Å². The van der Waals surface area contributed by atoms with Crippen LogP contribution < -0.4 is 5.73 Å². The van der Waals surface area contributed by atoms with Crippen LogP contribution in [-0.4, -0.2) is 39.2 Å². The number of carbonyl (C=O) groups is 1. The number of piperidine rings is 1. The first-order valence-corrected chi connectivity index (χ1v) is 6.76. The standard InChI is InChI=1S/C14H17N5O/c15-14(20)19-8-4-7-11(9-19)13-16-12(17-18-13)10-5-2-1-3-6-10/h1-3,5-6,11H,4,7-9H2,(H2,15,20)(H,16,17,18)/t11-/m0/s1. The molecule has 3 N–H and O–H groups in total. The van der Waals surface area contributed by atoms with Gasteiger partial charge in [-0.2, -0.15) is 5.10 Å². The second-order valence-corrected chi connectivity index (χ2v) is 5.03. The molecule has 1 saturated heterocycles. The molecule has 3 rings (SSSR count). The lowest BCUT2D eigenvalue weighted by atomic mass is 9.98. The molecular formula is C14H17N5O. The van der Waals surface area contributed by atoms with Crippen molar-refractivity contribution in [2.24, 2.45) is 5.73 Å². The number of amides is 2. The summed E-state index contributed by atoms with van der Waals surface area (Å²) < 4.78 is 0. The number of nitrogens with zero attached hydrogens (tertiary/aromatic N) is 3. The van der Waals surface area contributed by atoms with Crippen molar-refractivity contribution in [2.45, 2.75) is 18.8 Å². The van der Waals surface area contributed by atoms with Crippen LogP contribution in [0.5, 0.6) is 0 Å². The van der Waals surface area contributed by atoms with Gasteiger partial charge in [0, 0.05) is 24.6 Å². The largest absolute Gasteiger partial charge is 0.351 e. The highest BCUT2D eigenvalue weighted by Crippen LogP contribution is 2.25.